The molecular formula is C37H36O4S. The molecule has 1 fully saturated rings. The average Bonchev–Trinajstić information content (AvgIpc) is 3.05. The van der Waals surface area contributed by atoms with Gasteiger partial charge in [0.1, 0.15) is 17.6 Å². The van der Waals surface area contributed by atoms with Crippen LogP contribution in [0.15, 0.2) is 138 Å². The maximum atomic E-state index is 6.76. The lowest BCUT2D eigenvalue weighted by atomic mass is 10.0. The van der Waals surface area contributed by atoms with Crippen molar-refractivity contribution < 1.29 is 18.9 Å². The van der Waals surface area contributed by atoms with Crippen LogP contribution in [0.5, 0.6) is 0 Å². The summed E-state index contributed by atoms with van der Waals surface area (Å²) in [5, 5.41) is 2.46. The smallest absolute Gasteiger partial charge is 0.113 e. The third-order valence-electron chi connectivity index (χ3n) is 7.46. The molecule has 1 saturated heterocycles. The molecular weight excluding hydrogens is 540 g/mol. The summed E-state index contributed by atoms with van der Waals surface area (Å²) in [7, 11) is 0. The SMILES string of the molecule is c1ccc(COC[C@H]2O[C@H](Sc3ccc4ccccc4c3)C[C@@H](OCc3ccccc3)[C@@H]2OCc2ccccc2)cc1. The van der Waals surface area contributed by atoms with Crippen LogP contribution in [0.4, 0.5) is 0 Å². The van der Waals surface area contributed by atoms with E-state index < -0.39 is 0 Å². The normalized spacial score (nSPS) is 20.5. The minimum atomic E-state index is -0.287. The number of rotatable bonds is 12. The van der Waals surface area contributed by atoms with Gasteiger partial charge in [0.2, 0.25) is 0 Å². The first kappa shape index (κ1) is 28.7. The van der Waals surface area contributed by atoms with E-state index in [1.807, 2.05) is 54.6 Å². The Balaban J connectivity index is 1.22. The Labute approximate surface area is 252 Å². The van der Waals surface area contributed by atoms with Crippen molar-refractivity contribution in [2.75, 3.05) is 6.61 Å². The lowest BCUT2D eigenvalue weighted by Crippen LogP contribution is -2.51. The van der Waals surface area contributed by atoms with Gasteiger partial charge in [-0.05, 0) is 39.6 Å². The molecule has 0 spiro atoms. The number of thioether (sulfide) groups is 1. The number of fused-ring (bicyclic) bond motifs is 1. The highest BCUT2D eigenvalue weighted by molar-refractivity contribution is 7.99. The zero-order chi connectivity index (χ0) is 28.4. The van der Waals surface area contributed by atoms with Crippen molar-refractivity contribution >= 4 is 22.5 Å². The van der Waals surface area contributed by atoms with Gasteiger partial charge in [0.15, 0.2) is 0 Å². The monoisotopic (exact) mass is 576 g/mol. The molecule has 4 atom stereocenters. The van der Waals surface area contributed by atoms with Gasteiger partial charge >= 0.3 is 0 Å². The first-order valence-electron chi connectivity index (χ1n) is 14.5. The van der Waals surface area contributed by atoms with Crippen LogP contribution in [0, 0.1) is 0 Å². The molecule has 0 unspecified atom stereocenters. The summed E-state index contributed by atoms with van der Waals surface area (Å²) in [4.78, 5) is 1.17. The molecule has 0 amide bonds. The third kappa shape index (κ3) is 7.88. The lowest BCUT2D eigenvalue weighted by Gasteiger charge is -2.41. The molecule has 1 aliphatic heterocycles. The zero-order valence-corrected chi connectivity index (χ0v) is 24.4. The number of hydrogen-bond donors (Lipinski definition) is 0. The van der Waals surface area contributed by atoms with Gasteiger partial charge in [-0.25, -0.2) is 0 Å². The highest BCUT2D eigenvalue weighted by atomic mass is 32.2. The molecule has 0 radical (unpaired) electrons. The second kappa shape index (κ2) is 14.6. The van der Waals surface area contributed by atoms with E-state index in [1.54, 1.807) is 11.8 Å². The molecule has 0 N–H and O–H groups in total. The molecule has 1 heterocycles. The number of ether oxygens (including phenoxy) is 4. The highest BCUT2D eigenvalue weighted by Gasteiger charge is 2.41. The molecule has 5 aromatic rings. The van der Waals surface area contributed by atoms with Gasteiger partial charge < -0.3 is 18.9 Å². The van der Waals surface area contributed by atoms with E-state index in [4.69, 9.17) is 18.9 Å². The van der Waals surface area contributed by atoms with Crippen molar-refractivity contribution in [3.05, 3.63) is 150 Å². The minimum absolute atomic E-state index is 0.103. The first-order chi connectivity index (χ1) is 20.8. The Morgan fingerprint density at radius 1 is 0.595 bits per heavy atom. The third-order valence-corrected chi connectivity index (χ3v) is 8.55. The van der Waals surface area contributed by atoms with Gasteiger partial charge in [-0.2, -0.15) is 0 Å². The van der Waals surface area contributed by atoms with Crippen LogP contribution in [0.25, 0.3) is 10.8 Å². The fourth-order valence-corrected chi connectivity index (χ4v) is 6.41. The fraction of sp³-hybridized carbons (Fsp3) is 0.243. The van der Waals surface area contributed by atoms with E-state index in [0.29, 0.717) is 32.8 Å². The van der Waals surface area contributed by atoms with Crippen LogP contribution >= 0.6 is 11.8 Å². The average molecular weight is 577 g/mol. The summed E-state index contributed by atoms with van der Waals surface area (Å²) < 4.78 is 26.2. The standard InChI is InChI=1S/C37H36O4S/c1-4-12-28(13-5-1)24-38-27-35-37(40-26-30-16-8-3-9-17-30)34(39-25-29-14-6-2-7-15-29)23-36(41-35)42-33-21-20-31-18-10-11-19-32(31)22-33/h1-22,34-37H,23-27H2/t34-,35-,36-,37+/m1/s1. The zero-order valence-electron chi connectivity index (χ0n) is 23.6. The fourth-order valence-electron chi connectivity index (χ4n) is 5.28. The molecule has 1 aliphatic rings. The summed E-state index contributed by atoms with van der Waals surface area (Å²) in [5.41, 5.74) is 3.29. The first-order valence-corrected chi connectivity index (χ1v) is 15.4. The van der Waals surface area contributed by atoms with Gasteiger partial charge in [-0.3, -0.25) is 0 Å². The largest absolute Gasteiger partial charge is 0.374 e. The molecule has 5 heteroatoms. The van der Waals surface area contributed by atoms with Gasteiger partial charge in [-0.15, -0.1) is 0 Å². The predicted molar refractivity (Wildman–Crippen MR) is 169 cm³/mol. The van der Waals surface area contributed by atoms with Gasteiger partial charge in [0.25, 0.3) is 0 Å². The number of benzene rings is 5. The van der Waals surface area contributed by atoms with Crippen molar-refractivity contribution in [3.63, 3.8) is 0 Å². The molecule has 5 aromatic carbocycles. The van der Waals surface area contributed by atoms with Crippen LogP contribution in [0.2, 0.25) is 0 Å². The summed E-state index contributed by atoms with van der Waals surface area (Å²) in [6, 6.07) is 45.9. The Kier molecular flexibility index (Phi) is 9.99. The van der Waals surface area contributed by atoms with Crippen molar-refractivity contribution in [1.82, 2.24) is 0 Å². The molecule has 6 rings (SSSR count). The van der Waals surface area contributed by atoms with Crippen molar-refractivity contribution in [1.29, 1.82) is 0 Å². The van der Waals surface area contributed by atoms with Crippen molar-refractivity contribution in [2.24, 2.45) is 0 Å². The molecule has 0 bridgehead atoms. The molecule has 0 aromatic heterocycles. The van der Waals surface area contributed by atoms with E-state index in [2.05, 4.69) is 78.9 Å². The molecule has 0 saturated carbocycles. The van der Waals surface area contributed by atoms with Crippen molar-refractivity contribution in [3.8, 4) is 0 Å². The molecule has 42 heavy (non-hydrogen) atoms. The predicted octanol–water partition coefficient (Wildman–Crippen LogP) is 8.43. The molecule has 4 nitrogen and oxygen atoms in total. The van der Waals surface area contributed by atoms with Crippen LogP contribution < -0.4 is 0 Å². The maximum absolute atomic E-state index is 6.76. The van der Waals surface area contributed by atoms with Gasteiger partial charge in [0, 0.05) is 11.3 Å². The quantitative estimate of drug-likeness (QED) is 0.149. The van der Waals surface area contributed by atoms with Crippen LogP contribution in [-0.4, -0.2) is 30.4 Å². The van der Waals surface area contributed by atoms with E-state index in [9.17, 15) is 0 Å². The Hall–Kier alpha value is -3.45. The van der Waals surface area contributed by atoms with Crippen LogP contribution in [0.3, 0.4) is 0 Å². The Morgan fingerprint density at radius 3 is 1.83 bits per heavy atom. The van der Waals surface area contributed by atoms with Crippen LogP contribution in [-0.2, 0) is 38.8 Å². The summed E-state index contributed by atoms with van der Waals surface area (Å²) in [5.74, 6) is 0. The molecule has 214 valence electrons. The maximum Gasteiger partial charge on any atom is 0.113 e. The van der Waals surface area contributed by atoms with Gasteiger partial charge in [-0.1, -0.05) is 133 Å². The van der Waals surface area contributed by atoms with E-state index in [1.165, 1.54) is 15.7 Å². The topological polar surface area (TPSA) is 36.9 Å². The minimum Gasteiger partial charge on any atom is -0.374 e. The molecule has 0 aliphatic carbocycles. The summed E-state index contributed by atoms with van der Waals surface area (Å²) >= 11 is 1.74. The van der Waals surface area contributed by atoms with Crippen LogP contribution in [0.1, 0.15) is 23.1 Å². The second-order valence-electron chi connectivity index (χ2n) is 10.6. The van der Waals surface area contributed by atoms with Gasteiger partial charge in [0.05, 0.1) is 32.5 Å². The Morgan fingerprint density at radius 2 is 1.17 bits per heavy atom. The lowest BCUT2D eigenvalue weighted by molar-refractivity contribution is -0.204. The summed E-state index contributed by atoms with van der Waals surface area (Å²) in [6.45, 7) is 1.93. The second-order valence-corrected chi connectivity index (χ2v) is 11.8. The Bertz CT molecular complexity index is 1510. The van der Waals surface area contributed by atoms with Crippen molar-refractivity contribution in [2.45, 2.75) is 54.9 Å². The van der Waals surface area contributed by atoms with E-state index in [0.717, 1.165) is 16.7 Å². The van der Waals surface area contributed by atoms with E-state index >= 15 is 0 Å². The number of hydrogen-bond acceptors (Lipinski definition) is 5. The highest BCUT2D eigenvalue weighted by Crippen LogP contribution is 2.37. The summed E-state index contributed by atoms with van der Waals surface area (Å²) in [6.07, 6.45) is -0.0205. The van der Waals surface area contributed by atoms with E-state index in [-0.39, 0.29) is 23.7 Å².